The third-order valence-electron chi connectivity index (χ3n) is 4.12. The van der Waals surface area contributed by atoms with E-state index in [1.165, 1.54) is 10.9 Å². The first-order valence-corrected chi connectivity index (χ1v) is 8.16. The van der Waals surface area contributed by atoms with Gasteiger partial charge in [0.15, 0.2) is 11.6 Å². The molecule has 4 N–H and O–H groups in total. The number of para-hydroxylation sites is 1. The van der Waals surface area contributed by atoms with Crippen LogP contribution in [0.25, 0.3) is 0 Å². The maximum absolute atomic E-state index is 12.3. The van der Waals surface area contributed by atoms with Crippen molar-refractivity contribution in [1.29, 1.82) is 0 Å². The summed E-state index contributed by atoms with van der Waals surface area (Å²) in [5.74, 6) is -1.18. The fraction of sp³-hybridized carbons (Fsp3) is 0.400. The minimum atomic E-state index is -1.26. The Bertz CT molecular complexity index is 827. The first kappa shape index (κ1) is 18.0. The number of carbonyl (C=O) groups excluding carboxylic acids is 1. The molecule has 1 aliphatic rings. The molecule has 1 aliphatic heterocycles. The van der Waals surface area contributed by atoms with Crippen molar-refractivity contribution in [2.24, 2.45) is 5.73 Å². The molecule has 0 bridgehead atoms. The zero-order valence-electron chi connectivity index (χ0n) is 13.9. The summed E-state index contributed by atoms with van der Waals surface area (Å²) in [6.45, 7) is 0.325. The Balaban J connectivity index is 1.66. The molecule has 0 aliphatic carbocycles. The quantitative estimate of drug-likeness (QED) is 0.545. The molecule has 0 amide bonds. The number of tetrazole rings is 1. The predicted octanol–water partition coefficient (Wildman–Crippen LogP) is -0.683. The van der Waals surface area contributed by atoms with E-state index in [1.54, 1.807) is 12.1 Å². The summed E-state index contributed by atoms with van der Waals surface area (Å²) in [4.78, 5) is 24.7. The Morgan fingerprint density at radius 2 is 2.23 bits per heavy atom. The number of nitrogens with zero attached hydrogens (tertiary/aromatic N) is 4. The molecule has 0 spiro atoms. The molecule has 26 heavy (non-hydrogen) atoms. The summed E-state index contributed by atoms with van der Waals surface area (Å²) in [5, 5.41) is 31.0. The highest BCUT2D eigenvalue weighted by molar-refractivity contribution is 6.47. The van der Waals surface area contributed by atoms with Crippen LogP contribution in [-0.2, 0) is 24.2 Å². The zero-order valence-corrected chi connectivity index (χ0v) is 13.9. The average molecular weight is 359 g/mol. The highest BCUT2D eigenvalue weighted by Crippen LogP contribution is 2.36. The van der Waals surface area contributed by atoms with Gasteiger partial charge in [-0.2, -0.15) is 4.80 Å². The number of carboxylic acids is 1. The lowest BCUT2D eigenvalue weighted by Gasteiger charge is -2.27. The Morgan fingerprint density at radius 3 is 2.96 bits per heavy atom. The lowest BCUT2D eigenvalue weighted by molar-refractivity contribution is -0.120. The van der Waals surface area contributed by atoms with E-state index in [9.17, 15) is 19.7 Å². The van der Waals surface area contributed by atoms with Gasteiger partial charge in [0.05, 0.1) is 5.56 Å². The topological polar surface area (TPSA) is 153 Å². The summed E-state index contributed by atoms with van der Waals surface area (Å²) < 4.78 is 5.38. The molecule has 0 fully saturated rings. The summed E-state index contributed by atoms with van der Waals surface area (Å²) >= 11 is 0. The van der Waals surface area contributed by atoms with E-state index in [-0.39, 0.29) is 30.1 Å². The maximum atomic E-state index is 12.3. The Morgan fingerprint density at radius 1 is 1.42 bits per heavy atom. The smallest absolute Gasteiger partial charge is 0.526 e. The van der Waals surface area contributed by atoms with Gasteiger partial charge < -0.3 is 20.5 Å². The predicted molar refractivity (Wildman–Crippen MR) is 89.7 cm³/mol. The van der Waals surface area contributed by atoms with Gasteiger partial charge in [0.25, 0.3) is 0 Å². The third-order valence-corrected chi connectivity index (χ3v) is 4.12. The van der Waals surface area contributed by atoms with Crippen molar-refractivity contribution in [1.82, 2.24) is 20.2 Å². The van der Waals surface area contributed by atoms with E-state index in [1.807, 2.05) is 0 Å². The molecule has 0 unspecified atom stereocenters. The normalized spacial score (nSPS) is 16.1. The van der Waals surface area contributed by atoms with Crippen LogP contribution in [0.4, 0.5) is 0 Å². The second kappa shape index (κ2) is 7.62. The van der Waals surface area contributed by atoms with Crippen LogP contribution >= 0.6 is 0 Å². The van der Waals surface area contributed by atoms with Crippen LogP contribution in [0.5, 0.6) is 5.75 Å². The highest BCUT2D eigenvalue weighted by atomic mass is 16.5. The number of rotatable bonds is 7. The summed E-state index contributed by atoms with van der Waals surface area (Å²) in [5.41, 5.74) is 6.06. The van der Waals surface area contributed by atoms with E-state index in [2.05, 4.69) is 15.4 Å². The minimum Gasteiger partial charge on any atom is -0.535 e. The van der Waals surface area contributed by atoms with Crippen molar-refractivity contribution >= 4 is 18.9 Å². The number of aromatic nitrogens is 4. The van der Waals surface area contributed by atoms with Crippen molar-refractivity contribution in [2.75, 3.05) is 6.54 Å². The van der Waals surface area contributed by atoms with Crippen molar-refractivity contribution in [3.63, 3.8) is 0 Å². The Kier molecular flexibility index (Phi) is 5.28. The molecule has 0 saturated heterocycles. The van der Waals surface area contributed by atoms with Gasteiger partial charge in [0.1, 0.15) is 12.3 Å². The van der Waals surface area contributed by atoms with Gasteiger partial charge in [0.2, 0.25) is 0 Å². The summed E-state index contributed by atoms with van der Waals surface area (Å²) in [6, 6.07) is 4.75. The molecule has 0 radical (unpaired) electrons. The fourth-order valence-corrected chi connectivity index (χ4v) is 2.91. The van der Waals surface area contributed by atoms with E-state index in [0.29, 0.717) is 30.8 Å². The molecular formula is C15H18BN5O5. The number of Topliss-reactive ketones (excluding diaryl/α,β-unsaturated/α-hetero) is 1. The van der Waals surface area contributed by atoms with Crippen molar-refractivity contribution < 1.29 is 24.4 Å². The van der Waals surface area contributed by atoms with Gasteiger partial charge in [-0.3, -0.25) is 4.79 Å². The molecule has 2 heterocycles. The molecule has 11 heteroatoms. The average Bonchev–Trinajstić information content (AvgIpc) is 3.02. The molecule has 1 atom stereocenters. The molecule has 3 rings (SSSR count). The van der Waals surface area contributed by atoms with E-state index >= 15 is 0 Å². The van der Waals surface area contributed by atoms with Gasteiger partial charge in [-0.15, -0.1) is 10.2 Å². The van der Waals surface area contributed by atoms with Gasteiger partial charge in [0, 0.05) is 18.7 Å². The van der Waals surface area contributed by atoms with E-state index < -0.39 is 18.9 Å². The molecule has 2 aromatic rings. The number of hydrogen-bond donors (Lipinski definition) is 3. The van der Waals surface area contributed by atoms with Gasteiger partial charge >= 0.3 is 13.1 Å². The lowest BCUT2D eigenvalue weighted by Crippen LogP contribution is -2.36. The van der Waals surface area contributed by atoms with Crippen LogP contribution in [0.2, 0.25) is 5.82 Å². The molecule has 1 aromatic carbocycles. The molecule has 136 valence electrons. The number of ketones is 1. The first-order chi connectivity index (χ1) is 12.5. The van der Waals surface area contributed by atoms with Crippen LogP contribution < -0.4 is 10.4 Å². The second-order valence-corrected chi connectivity index (χ2v) is 6.09. The monoisotopic (exact) mass is 359 g/mol. The van der Waals surface area contributed by atoms with Crippen LogP contribution in [0.1, 0.15) is 28.2 Å². The largest absolute Gasteiger partial charge is 0.535 e. The van der Waals surface area contributed by atoms with Crippen LogP contribution in [0, 0.1) is 0 Å². The number of nitrogens with two attached hydrogens (primary N) is 1. The van der Waals surface area contributed by atoms with Crippen molar-refractivity contribution in [3.8, 4) is 5.75 Å². The SMILES string of the molecule is NCCc1nnn(CC(=O)C[C@H]2Cc3cccc(C(=O)O)c3OB2O)n1. The number of aromatic carboxylic acids is 1. The van der Waals surface area contributed by atoms with Gasteiger partial charge in [-0.1, -0.05) is 12.1 Å². The summed E-state index contributed by atoms with van der Waals surface area (Å²) in [7, 11) is -1.26. The van der Waals surface area contributed by atoms with Crippen LogP contribution in [0.3, 0.4) is 0 Å². The second-order valence-electron chi connectivity index (χ2n) is 6.09. The van der Waals surface area contributed by atoms with E-state index in [0.717, 1.165) is 0 Å². The number of fused-ring (bicyclic) bond motifs is 1. The fourth-order valence-electron chi connectivity index (χ4n) is 2.91. The zero-order chi connectivity index (χ0) is 18.7. The number of carboxylic acid groups (broad SMARTS) is 1. The lowest BCUT2D eigenvalue weighted by atomic mass is 9.64. The minimum absolute atomic E-state index is 0.00873. The number of benzene rings is 1. The maximum Gasteiger partial charge on any atom is 0.526 e. The third kappa shape index (κ3) is 3.89. The summed E-state index contributed by atoms with van der Waals surface area (Å²) in [6.07, 6.45) is 0.865. The highest BCUT2D eigenvalue weighted by Gasteiger charge is 2.37. The molecule has 1 aromatic heterocycles. The van der Waals surface area contributed by atoms with Gasteiger partial charge in [-0.05, 0) is 29.8 Å². The van der Waals surface area contributed by atoms with Gasteiger partial charge in [-0.25, -0.2) is 4.79 Å². The standard InChI is InChI=1S/C15H18BN5O5/c17-5-4-13-18-20-21(19-13)8-11(22)7-10-6-9-2-1-3-12(15(23)24)14(9)26-16(10)25/h1-3,10,25H,4-8,17H2,(H,23,24)/t10-/m1/s1. The van der Waals surface area contributed by atoms with Crippen LogP contribution in [0.15, 0.2) is 18.2 Å². The molecule has 0 saturated carbocycles. The van der Waals surface area contributed by atoms with E-state index in [4.69, 9.17) is 10.4 Å². The first-order valence-electron chi connectivity index (χ1n) is 8.16. The molecular weight excluding hydrogens is 341 g/mol. The Labute approximate surface area is 149 Å². The molecule has 10 nitrogen and oxygen atoms in total. The van der Waals surface area contributed by atoms with Crippen molar-refractivity contribution in [2.45, 2.75) is 31.6 Å². The van der Waals surface area contributed by atoms with Crippen LogP contribution in [-0.4, -0.2) is 55.8 Å². The van der Waals surface area contributed by atoms with Crippen molar-refractivity contribution in [3.05, 3.63) is 35.2 Å². The number of hydrogen-bond acceptors (Lipinski definition) is 8. The Hall–Kier alpha value is -2.79. The number of carbonyl (C=O) groups is 2.